The van der Waals surface area contributed by atoms with Gasteiger partial charge in [0.2, 0.25) is 11.8 Å². The third-order valence-electron chi connectivity index (χ3n) is 3.94. The number of para-hydroxylation sites is 2. The molecule has 0 radical (unpaired) electrons. The van der Waals surface area contributed by atoms with Crippen molar-refractivity contribution in [1.82, 2.24) is 5.32 Å². The smallest absolute Gasteiger partial charge is 0.243 e. The molecule has 0 aliphatic carbocycles. The lowest BCUT2D eigenvalue weighted by molar-refractivity contribution is -0.122. The van der Waals surface area contributed by atoms with Crippen LogP contribution < -0.4 is 16.0 Å². The molecule has 0 aliphatic heterocycles. The molecule has 0 spiro atoms. The minimum atomic E-state index is -0.333. The van der Waals surface area contributed by atoms with E-state index < -0.39 is 0 Å². The summed E-state index contributed by atoms with van der Waals surface area (Å²) in [4.78, 5) is 35.6. The van der Waals surface area contributed by atoms with Gasteiger partial charge < -0.3 is 16.0 Å². The molecule has 0 saturated carbocycles. The summed E-state index contributed by atoms with van der Waals surface area (Å²) in [7, 11) is 0. The van der Waals surface area contributed by atoms with E-state index >= 15 is 0 Å². The number of benzene rings is 2. The van der Waals surface area contributed by atoms with Gasteiger partial charge in [-0.1, -0.05) is 30.3 Å². The molecule has 2 rings (SSSR count). The first kappa shape index (κ1) is 19.2. The van der Waals surface area contributed by atoms with Crippen LogP contribution in [0.4, 0.5) is 11.4 Å². The lowest BCUT2D eigenvalue weighted by Gasteiger charge is -2.13. The molecular formula is C20H23N3O3. The maximum atomic E-state index is 12.0. The van der Waals surface area contributed by atoms with Crippen molar-refractivity contribution in [3.63, 3.8) is 0 Å². The van der Waals surface area contributed by atoms with Crippen molar-refractivity contribution in [2.45, 2.75) is 20.8 Å². The number of hydrogen-bond acceptors (Lipinski definition) is 4. The zero-order chi connectivity index (χ0) is 19.1. The molecule has 0 unspecified atom stereocenters. The van der Waals surface area contributed by atoms with Crippen LogP contribution in [0.1, 0.15) is 28.4 Å². The summed E-state index contributed by atoms with van der Waals surface area (Å²) >= 11 is 0. The Morgan fingerprint density at radius 3 is 2.15 bits per heavy atom. The first-order valence-corrected chi connectivity index (χ1v) is 8.35. The van der Waals surface area contributed by atoms with Crippen molar-refractivity contribution in [2.24, 2.45) is 0 Å². The Morgan fingerprint density at radius 2 is 1.50 bits per heavy atom. The Balaban J connectivity index is 1.84. The van der Waals surface area contributed by atoms with Crippen LogP contribution in [0.5, 0.6) is 0 Å². The Hall–Kier alpha value is -3.15. The number of carbonyl (C=O) groups is 3. The number of rotatable bonds is 7. The molecule has 26 heavy (non-hydrogen) atoms. The number of anilines is 2. The third-order valence-corrected chi connectivity index (χ3v) is 3.94. The molecule has 0 aliphatic rings. The molecule has 6 nitrogen and oxygen atoms in total. The summed E-state index contributed by atoms with van der Waals surface area (Å²) in [5, 5.41) is 8.30. The van der Waals surface area contributed by atoms with Gasteiger partial charge in [0.25, 0.3) is 0 Å². The predicted octanol–water partition coefficient (Wildman–Crippen LogP) is 2.67. The SMILES string of the molecule is CC(=O)c1ccccc1NCC(=O)NCC(=O)Nc1c(C)cccc1C. The molecule has 0 heterocycles. The number of Topliss-reactive ketones (excluding diaryl/α,β-unsaturated/α-hetero) is 1. The van der Waals surface area contributed by atoms with Crippen molar-refractivity contribution >= 4 is 29.0 Å². The van der Waals surface area contributed by atoms with Crippen LogP contribution in [0, 0.1) is 13.8 Å². The van der Waals surface area contributed by atoms with Gasteiger partial charge in [-0.3, -0.25) is 14.4 Å². The maximum absolute atomic E-state index is 12.0. The molecule has 2 aromatic carbocycles. The average Bonchev–Trinajstić information content (AvgIpc) is 2.61. The summed E-state index contributed by atoms with van der Waals surface area (Å²) in [6, 6.07) is 12.7. The number of aryl methyl sites for hydroxylation is 2. The van der Waals surface area contributed by atoms with Crippen molar-refractivity contribution in [2.75, 3.05) is 23.7 Å². The van der Waals surface area contributed by atoms with Gasteiger partial charge in [0.1, 0.15) is 0 Å². The molecule has 2 aromatic rings. The summed E-state index contributed by atoms with van der Waals surface area (Å²) in [6.45, 7) is 5.15. The van der Waals surface area contributed by atoms with E-state index in [0.717, 1.165) is 16.8 Å². The first-order valence-electron chi connectivity index (χ1n) is 8.35. The first-order chi connectivity index (χ1) is 12.4. The molecule has 2 amide bonds. The van der Waals surface area contributed by atoms with Gasteiger partial charge in [0.15, 0.2) is 5.78 Å². The van der Waals surface area contributed by atoms with Gasteiger partial charge in [0.05, 0.1) is 13.1 Å². The van der Waals surface area contributed by atoms with Gasteiger partial charge in [-0.15, -0.1) is 0 Å². The van der Waals surface area contributed by atoms with Crippen LogP contribution in [-0.2, 0) is 9.59 Å². The molecule has 3 N–H and O–H groups in total. The van der Waals surface area contributed by atoms with Crippen LogP contribution in [0.2, 0.25) is 0 Å². The lowest BCUT2D eigenvalue weighted by atomic mass is 10.1. The number of nitrogens with one attached hydrogen (secondary N) is 3. The number of hydrogen-bond donors (Lipinski definition) is 3. The van der Waals surface area contributed by atoms with E-state index in [1.807, 2.05) is 32.0 Å². The highest BCUT2D eigenvalue weighted by Crippen LogP contribution is 2.19. The highest BCUT2D eigenvalue weighted by Gasteiger charge is 2.10. The second-order valence-electron chi connectivity index (χ2n) is 6.05. The summed E-state index contributed by atoms with van der Waals surface area (Å²) in [5.74, 6) is -0.707. The molecule has 0 aromatic heterocycles. The lowest BCUT2D eigenvalue weighted by Crippen LogP contribution is -2.36. The summed E-state index contributed by atoms with van der Waals surface area (Å²) < 4.78 is 0. The van der Waals surface area contributed by atoms with Crippen LogP contribution in [0.3, 0.4) is 0 Å². The van der Waals surface area contributed by atoms with E-state index in [1.165, 1.54) is 6.92 Å². The molecule has 0 fully saturated rings. The third kappa shape index (κ3) is 5.17. The fourth-order valence-corrected chi connectivity index (χ4v) is 2.56. The number of ketones is 1. The number of amides is 2. The molecule has 0 saturated heterocycles. The zero-order valence-corrected chi connectivity index (χ0v) is 15.2. The summed E-state index contributed by atoms with van der Waals surface area (Å²) in [6.07, 6.45) is 0. The normalized spacial score (nSPS) is 10.1. The van der Waals surface area contributed by atoms with Crippen molar-refractivity contribution in [3.8, 4) is 0 Å². The highest BCUT2D eigenvalue weighted by atomic mass is 16.2. The molecule has 136 valence electrons. The van der Waals surface area contributed by atoms with E-state index in [0.29, 0.717) is 11.3 Å². The van der Waals surface area contributed by atoms with E-state index in [1.54, 1.807) is 24.3 Å². The Morgan fingerprint density at radius 1 is 0.846 bits per heavy atom. The summed E-state index contributed by atoms with van der Waals surface area (Å²) in [5.41, 5.74) is 3.81. The van der Waals surface area contributed by atoms with Crippen molar-refractivity contribution in [1.29, 1.82) is 0 Å². The van der Waals surface area contributed by atoms with Crippen LogP contribution in [0.25, 0.3) is 0 Å². The molecule has 0 atom stereocenters. The Kier molecular flexibility index (Phi) is 6.49. The monoisotopic (exact) mass is 353 g/mol. The molecule has 6 heteroatoms. The van der Waals surface area contributed by atoms with Gasteiger partial charge in [-0.25, -0.2) is 0 Å². The molecular weight excluding hydrogens is 330 g/mol. The maximum Gasteiger partial charge on any atom is 0.243 e. The minimum absolute atomic E-state index is 0.0268. The minimum Gasteiger partial charge on any atom is -0.376 e. The quantitative estimate of drug-likeness (QED) is 0.668. The van der Waals surface area contributed by atoms with Gasteiger partial charge in [-0.2, -0.15) is 0 Å². The van der Waals surface area contributed by atoms with Gasteiger partial charge >= 0.3 is 0 Å². The predicted molar refractivity (Wildman–Crippen MR) is 102 cm³/mol. The second kappa shape index (κ2) is 8.80. The van der Waals surface area contributed by atoms with E-state index in [4.69, 9.17) is 0 Å². The fraction of sp³-hybridized carbons (Fsp3) is 0.250. The van der Waals surface area contributed by atoms with Gasteiger partial charge in [-0.05, 0) is 44.0 Å². The van der Waals surface area contributed by atoms with Gasteiger partial charge in [0, 0.05) is 16.9 Å². The van der Waals surface area contributed by atoms with E-state index in [9.17, 15) is 14.4 Å². The van der Waals surface area contributed by atoms with Crippen LogP contribution >= 0.6 is 0 Å². The van der Waals surface area contributed by atoms with Crippen LogP contribution in [-0.4, -0.2) is 30.7 Å². The molecule has 0 bridgehead atoms. The standard InChI is InChI=1S/C20H23N3O3/c1-13-7-6-8-14(2)20(13)23-19(26)12-22-18(25)11-21-17-10-5-4-9-16(17)15(3)24/h4-10,21H,11-12H2,1-3H3,(H,22,25)(H,23,26). The zero-order valence-electron chi connectivity index (χ0n) is 15.2. The largest absolute Gasteiger partial charge is 0.376 e. The van der Waals surface area contributed by atoms with E-state index in [2.05, 4.69) is 16.0 Å². The van der Waals surface area contributed by atoms with Crippen molar-refractivity contribution < 1.29 is 14.4 Å². The Bertz CT molecular complexity index is 811. The average molecular weight is 353 g/mol. The fourth-order valence-electron chi connectivity index (χ4n) is 2.56. The highest BCUT2D eigenvalue weighted by molar-refractivity contribution is 6.00. The Labute approximate surface area is 153 Å². The topological polar surface area (TPSA) is 87.3 Å². The van der Waals surface area contributed by atoms with Crippen molar-refractivity contribution in [3.05, 3.63) is 59.2 Å². The second-order valence-corrected chi connectivity index (χ2v) is 6.05. The van der Waals surface area contributed by atoms with E-state index in [-0.39, 0.29) is 30.7 Å². The van der Waals surface area contributed by atoms with Crippen LogP contribution in [0.15, 0.2) is 42.5 Å². The number of carbonyl (C=O) groups excluding carboxylic acids is 3.